The maximum atomic E-state index is 11.9. The van der Waals surface area contributed by atoms with Crippen LogP contribution < -0.4 is 0 Å². The van der Waals surface area contributed by atoms with Crippen LogP contribution in [0.1, 0.15) is 0 Å². The van der Waals surface area contributed by atoms with Crippen molar-refractivity contribution < 1.29 is 21.7 Å². The SMILES string of the molecule is Fc1cc[c-]cc1.I.[Cl][Zn+]. The molecule has 0 saturated carbocycles. The fraction of sp³-hybridized carbons (Fsp3) is 0. The minimum absolute atomic E-state index is 0. The molecular formula is C6H5ClFIZn. The van der Waals surface area contributed by atoms with E-state index >= 15 is 0 Å². The van der Waals surface area contributed by atoms with Crippen molar-refractivity contribution in [3.8, 4) is 0 Å². The zero-order chi connectivity index (χ0) is 7.11. The van der Waals surface area contributed by atoms with Crippen molar-refractivity contribution in [2.75, 3.05) is 0 Å². The van der Waals surface area contributed by atoms with Gasteiger partial charge < -0.3 is 0 Å². The molecule has 0 aromatic heterocycles. The Kier molecular flexibility index (Phi) is 13.1. The van der Waals surface area contributed by atoms with Crippen molar-refractivity contribution in [3.05, 3.63) is 36.1 Å². The Labute approximate surface area is 90.9 Å². The third-order valence-corrected chi connectivity index (χ3v) is 0.678. The normalized spacial score (nSPS) is 6.80. The predicted octanol–water partition coefficient (Wildman–Crippen LogP) is 2.93. The average Bonchev–Trinajstić information content (AvgIpc) is 1.94. The van der Waals surface area contributed by atoms with Gasteiger partial charge in [0, 0.05) is 5.82 Å². The van der Waals surface area contributed by atoms with Crippen LogP contribution in [0.5, 0.6) is 0 Å². The van der Waals surface area contributed by atoms with E-state index in [4.69, 9.17) is 9.69 Å². The fourth-order valence-corrected chi connectivity index (χ4v) is 0.367. The Bertz CT molecular complexity index is 148. The first-order chi connectivity index (χ1) is 4.39. The van der Waals surface area contributed by atoms with Crippen LogP contribution in [0.15, 0.2) is 24.3 Å². The van der Waals surface area contributed by atoms with Crippen LogP contribution in [0, 0.1) is 11.9 Å². The van der Waals surface area contributed by atoms with Gasteiger partial charge >= 0.3 is 27.0 Å². The van der Waals surface area contributed by atoms with E-state index in [0.29, 0.717) is 0 Å². The van der Waals surface area contributed by atoms with E-state index in [2.05, 4.69) is 6.07 Å². The summed E-state index contributed by atoms with van der Waals surface area (Å²) in [6.45, 7) is 0. The molecule has 1 aromatic carbocycles. The molecular weight excluding hydrogens is 319 g/mol. The molecule has 0 unspecified atom stereocenters. The van der Waals surface area contributed by atoms with Gasteiger partial charge in [0.2, 0.25) is 0 Å². The van der Waals surface area contributed by atoms with Crippen LogP contribution >= 0.6 is 33.7 Å². The van der Waals surface area contributed by atoms with Crippen LogP contribution in [0.3, 0.4) is 0 Å². The van der Waals surface area contributed by atoms with Gasteiger partial charge in [0.05, 0.1) is 0 Å². The zero-order valence-corrected chi connectivity index (χ0v) is 11.2. The summed E-state index contributed by atoms with van der Waals surface area (Å²) in [5.74, 6) is -0.209. The molecule has 0 spiro atoms. The van der Waals surface area contributed by atoms with Crippen molar-refractivity contribution in [2.45, 2.75) is 0 Å². The first-order valence-electron chi connectivity index (χ1n) is 2.28. The Morgan fingerprint density at radius 2 is 1.70 bits per heavy atom. The van der Waals surface area contributed by atoms with Gasteiger partial charge in [-0.05, 0) is 0 Å². The molecule has 0 aliphatic carbocycles. The van der Waals surface area contributed by atoms with E-state index in [0.717, 1.165) is 17.3 Å². The van der Waals surface area contributed by atoms with Gasteiger partial charge in [-0.1, -0.05) is 0 Å². The van der Waals surface area contributed by atoms with Crippen LogP contribution in [-0.2, 0) is 17.3 Å². The third kappa shape index (κ3) is 6.91. The van der Waals surface area contributed by atoms with Crippen LogP contribution in [-0.4, -0.2) is 0 Å². The van der Waals surface area contributed by atoms with Gasteiger partial charge in [-0.3, -0.25) is 0 Å². The summed E-state index contributed by atoms with van der Waals surface area (Å²) in [7, 11) is 4.76. The Balaban J connectivity index is 0. The second-order valence-electron chi connectivity index (χ2n) is 1.22. The quantitative estimate of drug-likeness (QED) is 0.391. The number of rotatable bonds is 0. The van der Waals surface area contributed by atoms with Crippen LogP contribution in [0.25, 0.3) is 0 Å². The molecule has 1 rings (SSSR count). The number of hydrogen-bond donors (Lipinski definition) is 0. The molecule has 52 valence electrons. The van der Waals surface area contributed by atoms with Crippen LogP contribution in [0.2, 0.25) is 0 Å². The van der Waals surface area contributed by atoms with E-state index in [1.807, 2.05) is 0 Å². The Morgan fingerprint density at radius 3 is 1.90 bits per heavy atom. The molecule has 0 heterocycles. The standard InChI is InChI=1S/C6H4F.ClH.HI.Zn/c7-6-4-2-1-3-5-6;;;/h2-5H;2*1H;/q-1;;;+2/p-1. The average molecular weight is 324 g/mol. The molecule has 0 nitrogen and oxygen atoms in total. The van der Waals surface area contributed by atoms with Crippen molar-refractivity contribution in [2.24, 2.45) is 0 Å². The summed E-state index contributed by atoms with van der Waals surface area (Å²) in [5, 5.41) is 0. The molecule has 4 heteroatoms. The summed E-state index contributed by atoms with van der Waals surface area (Å²) >= 11 is 0.847. The molecule has 0 aliphatic heterocycles. The van der Waals surface area contributed by atoms with E-state index < -0.39 is 0 Å². The topological polar surface area (TPSA) is 0 Å². The first-order valence-corrected chi connectivity index (χ1v) is 6.18. The number of benzene rings is 1. The molecule has 0 N–H and O–H groups in total. The molecule has 0 atom stereocenters. The van der Waals surface area contributed by atoms with Crippen LogP contribution in [0.4, 0.5) is 4.39 Å². The molecule has 10 heavy (non-hydrogen) atoms. The van der Waals surface area contributed by atoms with E-state index in [1.165, 1.54) is 24.3 Å². The predicted molar refractivity (Wildman–Crippen MR) is 46.5 cm³/mol. The van der Waals surface area contributed by atoms with Gasteiger partial charge in [-0.2, -0.15) is 18.2 Å². The van der Waals surface area contributed by atoms with E-state index in [9.17, 15) is 4.39 Å². The minimum atomic E-state index is -0.209. The summed E-state index contributed by atoms with van der Waals surface area (Å²) < 4.78 is 11.9. The fourth-order valence-electron chi connectivity index (χ4n) is 0.367. The second-order valence-corrected chi connectivity index (χ2v) is 1.22. The van der Waals surface area contributed by atoms with E-state index in [1.54, 1.807) is 0 Å². The molecule has 0 bridgehead atoms. The molecule has 0 amide bonds. The van der Waals surface area contributed by atoms with Gasteiger partial charge in [-0.15, -0.1) is 36.1 Å². The number of hydrogen-bond acceptors (Lipinski definition) is 0. The monoisotopic (exact) mass is 322 g/mol. The first kappa shape index (κ1) is 13.4. The molecule has 0 aliphatic rings. The molecule has 0 radical (unpaired) electrons. The summed E-state index contributed by atoms with van der Waals surface area (Å²) in [4.78, 5) is 0. The molecule has 1 aromatic rings. The van der Waals surface area contributed by atoms with Gasteiger partial charge in [0.1, 0.15) is 0 Å². The van der Waals surface area contributed by atoms with E-state index in [-0.39, 0.29) is 29.8 Å². The summed E-state index contributed by atoms with van der Waals surface area (Å²) in [6.07, 6.45) is 0. The van der Waals surface area contributed by atoms with Crippen molar-refractivity contribution >= 4 is 33.7 Å². The molecule has 0 fully saturated rings. The van der Waals surface area contributed by atoms with Crippen molar-refractivity contribution in [1.29, 1.82) is 0 Å². The third-order valence-electron chi connectivity index (χ3n) is 0.678. The Hall–Kier alpha value is 0.793. The second kappa shape index (κ2) is 9.79. The Morgan fingerprint density at radius 1 is 1.30 bits per heavy atom. The van der Waals surface area contributed by atoms with Crippen molar-refractivity contribution in [3.63, 3.8) is 0 Å². The van der Waals surface area contributed by atoms with Gasteiger partial charge in [0.15, 0.2) is 0 Å². The maximum absolute atomic E-state index is 11.9. The summed E-state index contributed by atoms with van der Waals surface area (Å²) in [6, 6.07) is 8.49. The summed E-state index contributed by atoms with van der Waals surface area (Å²) in [5.41, 5.74) is 0. The zero-order valence-electron chi connectivity index (χ0n) is 5.18. The van der Waals surface area contributed by atoms with Crippen molar-refractivity contribution in [1.82, 2.24) is 0 Å². The number of halogens is 3. The van der Waals surface area contributed by atoms with Gasteiger partial charge in [-0.25, -0.2) is 4.39 Å². The van der Waals surface area contributed by atoms with Gasteiger partial charge in [0.25, 0.3) is 0 Å². The molecule has 0 saturated heterocycles.